The summed E-state index contributed by atoms with van der Waals surface area (Å²) in [5.41, 5.74) is 3.82. The van der Waals surface area contributed by atoms with Crippen molar-refractivity contribution in [1.29, 1.82) is 0 Å². The molecule has 250 valence electrons. The van der Waals surface area contributed by atoms with E-state index in [1.807, 2.05) is 48.5 Å². The molecule has 4 amide bonds. The number of carbonyl (C=O) groups is 6. The number of hydrogen-bond acceptors (Lipinski definition) is 9. The summed E-state index contributed by atoms with van der Waals surface area (Å²) in [6, 6.07) is 21.4. The van der Waals surface area contributed by atoms with E-state index in [0.29, 0.717) is 10.6 Å². The van der Waals surface area contributed by atoms with E-state index in [4.69, 9.17) is 14.3 Å². The summed E-state index contributed by atoms with van der Waals surface area (Å²) >= 11 is 0. The Morgan fingerprint density at radius 2 is 1.35 bits per heavy atom. The van der Waals surface area contributed by atoms with Crippen molar-refractivity contribution in [2.45, 2.75) is 70.1 Å². The number of amides is 4. The molecule has 1 heterocycles. The van der Waals surface area contributed by atoms with Crippen molar-refractivity contribution in [3.05, 3.63) is 95.6 Å². The molecule has 0 aromatic heterocycles. The van der Waals surface area contributed by atoms with Crippen LogP contribution in [0.5, 0.6) is 0 Å². The molecule has 0 bridgehead atoms. The van der Waals surface area contributed by atoms with E-state index >= 15 is 0 Å². The summed E-state index contributed by atoms with van der Waals surface area (Å²) < 4.78 is 11.0. The zero-order chi connectivity index (χ0) is 34.4. The largest absolute Gasteiger partial charge is 0.460 e. The Morgan fingerprint density at radius 3 is 1.94 bits per heavy atom. The number of imide groups is 1. The zero-order valence-electron chi connectivity index (χ0n) is 26.9. The fourth-order valence-corrected chi connectivity index (χ4v) is 5.67. The number of fused-ring (bicyclic) bond motifs is 3. The van der Waals surface area contributed by atoms with Crippen LogP contribution in [-0.4, -0.2) is 65.1 Å². The molecule has 0 radical (unpaired) electrons. The second-order valence-corrected chi connectivity index (χ2v) is 12.6. The van der Waals surface area contributed by atoms with Crippen molar-refractivity contribution >= 4 is 35.8 Å². The van der Waals surface area contributed by atoms with E-state index in [1.165, 1.54) is 0 Å². The first-order valence-corrected chi connectivity index (χ1v) is 15.6. The van der Waals surface area contributed by atoms with Crippen LogP contribution in [0.15, 0.2) is 78.9 Å². The molecule has 12 heteroatoms. The van der Waals surface area contributed by atoms with Gasteiger partial charge in [0.05, 0.1) is 6.42 Å². The number of rotatable bonds is 11. The molecule has 1 aliphatic carbocycles. The van der Waals surface area contributed by atoms with E-state index in [9.17, 15) is 28.8 Å². The van der Waals surface area contributed by atoms with Crippen LogP contribution in [-0.2, 0) is 44.7 Å². The third kappa shape index (κ3) is 8.24. The van der Waals surface area contributed by atoms with Crippen LogP contribution in [0.3, 0.4) is 0 Å². The molecule has 1 saturated heterocycles. The van der Waals surface area contributed by atoms with E-state index in [1.54, 1.807) is 51.1 Å². The Hall–Kier alpha value is -5.52. The number of benzene rings is 3. The maximum Gasteiger partial charge on any atom is 0.407 e. The molecule has 3 aromatic rings. The fraction of sp³-hybridized carbons (Fsp3) is 0.333. The highest BCUT2D eigenvalue weighted by molar-refractivity contribution is 6.02. The number of nitrogens with zero attached hydrogens (tertiary/aromatic N) is 1. The van der Waals surface area contributed by atoms with Crippen LogP contribution in [0.1, 0.15) is 62.6 Å². The molecule has 3 aromatic carbocycles. The number of alkyl carbamates (subject to hydrolysis) is 1. The smallest absolute Gasteiger partial charge is 0.407 e. The maximum atomic E-state index is 13.7. The molecular weight excluding hydrogens is 618 g/mol. The topological polar surface area (TPSA) is 157 Å². The number of esters is 1. The molecule has 2 aliphatic rings. The summed E-state index contributed by atoms with van der Waals surface area (Å²) in [5, 5.41) is 5.37. The van der Waals surface area contributed by atoms with Gasteiger partial charge in [-0.05, 0) is 48.6 Å². The predicted molar refractivity (Wildman–Crippen MR) is 172 cm³/mol. The van der Waals surface area contributed by atoms with Gasteiger partial charge in [-0.1, -0.05) is 78.9 Å². The Morgan fingerprint density at radius 1 is 0.792 bits per heavy atom. The van der Waals surface area contributed by atoms with Gasteiger partial charge in [0.1, 0.15) is 24.3 Å². The maximum absolute atomic E-state index is 13.7. The SMILES string of the molecule is CC(C)(C)OC(=O)C[C@H](NC(=O)OCC1c2ccccc2-c2ccccc21)C(=O)N[C@@H](Cc1ccccc1)C(=O)ON1C(=O)CCC1=O. The van der Waals surface area contributed by atoms with Gasteiger partial charge in [0.15, 0.2) is 0 Å². The highest BCUT2D eigenvalue weighted by atomic mass is 16.7. The molecule has 2 N–H and O–H groups in total. The van der Waals surface area contributed by atoms with Crippen LogP contribution in [0.4, 0.5) is 4.79 Å². The number of hydrogen-bond donors (Lipinski definition) is 2. The lowest BCUT2D eigenvalue weighted by Gasteiger charge is -2.25. The number of hydroxylamine groups is 2. The molecule has 5 rings (SSSR count). The normalized spacial score (nSPS) is 15.2. The van der Waals surface area contributed by atoms with E-state index in [2.05, 4.69) is 10.6 Å². The summed E-state index contributed by atoms with van der Waals surface area (Å²) in [7, 11) is 0. The van der Waals surface area contributed by atoms with Gasteiger partial charge >= 0.3 is 18.0 Å². The Balaban J connectivity index is 1.32. The predicted octanol–water partition coefficient (Wildman–Crippen LogP) is 3.96. The van der Waals surface area contributed by atoms with Crippen molar-refractivity contribution in [3.63, 3.8) is 0 Å². The van der Waals surface area contributed by atoms with Gasteiger partial charge in [-0.25, -0.2) is 9.59 Å². The van der Waals surface area contributed by atoms with Crippen molar-refractivity contribution in [2.24, 2.45) is 0 Å². The first-order valence-electron chi connectivity index (χ1n) is 15.6. The van der Waals surface area contributed by atoms with Crippen LogP contribution in [0.25, 0.3) is 11.1 Å². The highest BCUT2D eigenvalue weighted by Crippen LogP contribution is 2.44. The molecule has 1 aliphatic heterocycles. The van der Waals surface area contributed by atoms with Crippen molar-refractivity contribution < 1.29 is 43.1 Å². The van der Waals surface area contributed by atoms with E-state index < -0.39 is 59.9 Å². The van der Waals surface area contributed by atoms with Gasteiger partial charge in [0, 0.05) is 25.2 Å². The van der Waals surface area contributed by atoms with Crippen molar-refractivity contribution in [1.82, 2.24) is 15.7 Å². The minimum atomic E-state index is -1.52. The molecule has 12 nitrogen and oxygen atoms in total. The molecule has 0 spiro atoms. The van der Waals surface area contributed by atoms with Crippen molar-refractivity contribution in [2.75, 3.05) is 6.61 Å². The molecule has 1 fully saturated rings. The Labute approximate surface area is 277 Å². The van der Waals surface area contributed by atoms with Gasteiger partial charge in [-0.15, -0.1) is 5.06 Å². The summed E-state index contributed by atoms with van der Waals surface area (Å²) in [6.07, 6.45) is -1.83. The van der Waals surface area contributed by atoms with Crippen molar-refractivity contribution in [3.8, 4) is 11.1 Å². The molecule has 48 heavy (non-hydrogen) atoms. The monoisotopic (exact) mass is 655 g/mol. The summed E-state index contributed by atoms with van der Waals surface area (Å²) in [6.45, 7) is 4.94. The molecular formula is C36H37N3O9. The molecule has 0 unspecified atom stereocenters. The van der Waals surface area contributed by atoms with E-state index in [-0.39, 0.29) is 31.8 Å². The van der Waals surface area contributed by atoms with E-state index in [0.717, 1.165) is 22.3 Å². The lowest BCUT2D eigenvalue weighted by atomic mass is 9.98. The summed E-state index contributed by atoms with van der Waals surface area (Å²) in [5.74, 6) is -4.38. The van der Waals surface area contributed by atoms with Crippen LogP contribution in [0, 0.1) is 0 Å². The van der Waals surface area contributed by atoms with Gasteiger partial charge in [0.2, 0.25) is 5.91 Å². The van der Waals surface area contributed by atoms with Crippen LogP contribution in [0.2, 0.25) is 0 Å². The Kier molecular flexibility index (Phi) is 10.2. The first kappa shape index (κ1) is 33.8. The lowest BCUT2D eigenvalue weighted by molar-refractivity contribution is -0.199. The summed E-state index contributed by atoms with van der Waals surface area (Å²) in [4.78, 5) is 82.3. The average Bonchev–Trinajstić information content (AvgIpc) is 3.54. The van der Waals surface area contributed by atoms with Gasteiger partial charge < -0.3 is 24.9 Å². The third-order valence-electron chi connectivity index (χ3n) is 7.81. The number of carbonyl (C=O) groups excluding carboxylic acids is 6. The van der Waals surface area contributed by atoms with Gasteiger partial charge in [0.25, 0.3) is 11.8 Å². The third-order valence-corrected chi connectivity index (χ3v) is 7.81. The second-order valence-electron chi connectivity index (χ2n) is 12.6. The molecule has 2 atom stereocenters. The van der Waals surface area contributed by atoms with Crippen LogP contribution >= 0.6 is 0 Å². The lowest BCUT2D eigenvalue weighted by Crippen LogP contribution is -2.54. The molecule has 0 saturated carbocycles. The Bertz CT molecular complexity index is 1660. The van der Waals surface area contributed by atoms with Gasteiger partial charge in [-0.2, -0.15) is 0 Å². The number of nitrogens with one attached hydrogen (secondary N) is 2. The minimum Gasteiger partial charge on any atom is -0.460 e. The average molecular weight is 656 g/mol. The zero-order valence-corrected chi connectivity index (χ0v) is 26.9. The second kappa shape index (κ2) is 14.5. The highest BCUT2D eigenvalue weighted by Gasteiger charge is 2.37. The number of ether oxygens (including phenoxy) is 2. The van der Waals surface area contributed by atoms with Gasteiger partial charge in [-0.3, -0.25) is 19.2 Å². The quantitative estimate of drug-likeness (QED) is 0.231. The first-order chi connectivity index (χ1) is 22.9. The standard InChI is InChI=1S/C36H37N3O9/c1-36(2,3)47-32(42)20-28(38-35(45)46-21-27-25-15-9-7-13-23(25)24-14-8-10-16-26(24)27)33(43)37-29(19-22-11-5-4-6-12-22)34(44)48-39-30(40)17-18-31(39)41/h4-16,27-29H,17-21H2,1-3H3,(H,37,43)(H,38,45)/t28-,29-/m0/s1. The van der Waals surface area contributed by atoms with Crippen LogP contribution < -0.4 is 10.6 Å². The minimum absolute atomic E-state index is 0.0402. The fourth-order valence-electron chi connectivity index (χ4n) is 5.67.